The van der Waals surface area contributed by atoms with Crippen LogP contribution < -0.4 is 5.73 Å². The fourth-order valence-electron chi connectivity index (χ4n) is 1.99. The molecule has 3 aromatic rings. The van der Waals surface area contributed by atoms with Crippen LogP contribution in [0, 0.1) is 0 Å². The summed E-state index contributed by atoms with van der Waals surface area (Å²) in [5.41, 5.74) is 6.79. The second-order valence-electron chi connectivity index (χ2n) is 4.68. The molecule has 0 saturated heterocycles. The summed E-state index contributed by atoms with van der Waals surface area (Å²) in [7, 11) is 0. The third-order valence-electron chi connectivity index (χ3n) is 2.78. The monoisotopic (exact) mass is 251 g/mol. The molecule has 0 saturated carbocycles. The van der Waals surface area contributed by atoms with Crippen LogP contribution in [-0.4, -0.2) is 5.78 Å². The molecule has 0 radical (unpaired) electrons. The van der Waals surface area contributed by atoms with Crippen molar-refractivity contribution in [1.82, 2.24) is 0 Å². The standard InChI is InChI=1S/C14H11N.C3H6O/c15-14-7-3-6-12-8-10-4-1-2-5-11(10)9-13(12)14;1-3(2)4/h1-9H,15H2;1-2H3. The van der Waals surface area contributed by atoms with Gasteiger partial charge in [0.05, 0.1) is 0 Å². The van der Waals surface area contributed by atoms with Crippen molar-refractivity contribution in [2.24, 2.45) is 0 Å². The van der Waals surface area contributed by atoms with Gasteiger partial charge in [-0.25, -0.2) is 0 Å². The number of carbonyl (C=O) groups excluding carboxylic acids is 1. The fraction of sp³-hybridized carbons (Fsp3) is 0.118. The molecule has 96 valence electrons. The molecule has 0 unspecified atom stereocenters. The van der Waals surface area contributed by atoms with Crippen LogP contribution >= 0.6 is 0 Å². The fourth-order valence-corrected chi connectivity index (χ4v) is 1.99. The van der Waals surface area contributed by atoms with E-state index in [-0.39, 0.29) is 5.78 Å². The zero-order valence-corrected chi connectivity index (χ0v) is 11.2. The van der Waals surface area contributed by atoms with Crippen LogP contribution in [0.15, 0.2) is 54.6 Å². The first kappa shape index (κ1) is 13.1. The van der Waals surface area contributed by atoms with Crippen molar-refractivity contribution in [3.8, 4) is 0 Å². The lowest BCUT2D eigenvalue weighted by Gasteiger charge is -2.04. The molecule has 0 aliphatic carbocycles. The minimum Gasteiger partial charge on any atom is -0.398 e. The van der Waals surface area contributed by atoms with Gasteiger partial charge in [0.2, 0.25) is 0 Å². The van der Waals surface area contributed by atoms with E-state index in [1.165, 1.54) is 30.0 Å². The normalized spacial score (nSPS) is 10.0. The second kappa shape index (κ2) is 5.53. The Morgan fingerprint density at radius 2 is 1.37 bits per heavy atom. The Bertz CT molecular complexity index is 727. The molecule has 2 nitrogen and oxygen atoms in total. The van der Waals surface area contributed by atoms with Crippen molar-refractivity contribution < 1.29 is 4.79 Å². The third kappa shape index (κ3) is 3.10. The molecule has 0 aliphatic heterocycles. The molecular weight excluding hydrogens is 234 g/mol. The molecule has 0 atom stereocenters. The summed E-state index contributed by atoms with van der Waals surface area (Å²) in [6.07, 6.45) is 0. The number of hydrogen-bond acceptors (Lipinski definition) is 2. The maximum absolute atomic E-state index is 9.44. The zero-order chi connectivity index (χ0) is 13.8. The minimum absolute atomic E-state index is 0.167. The predicted octanol–water partition coefficient (Wildman–Crippen LogP) is 4.17. The van der Waals surface area contributed by atoms with Crippen LogP contribution in [0.2, 0.25) is 0 Å². The molecule has 0 amide bonds. The van der Waals surface area contributed by atoms with Gasteiger partial charge in [0.1, 0.15) is 5.78 Å². The Morgan fingerprint density at radius 1 is 0.842 bits per heavy atom. The molecule has 3 rings (SSSR count). The summed E-state index contributed by atoms with van der Waals surface area (Å²) < 4.78 is 0. The number of hydrogen-bond donors (Lipinski definition) is 1. The van der Waals surface area contributed by atoms with Gasteiger partial charge < -0.3 is 10.5 Å². The highest BCUT2D eigenvalue weighted by Crippen LogP contribution is 2.26. The Hall–Kier alpha value is -2.35. The van der Waals surface area contributed by atoms with E-state index in [2.05, 4.69) is 36.4 Å². The maximum Gasteiger partial charge on any atom is 0.126 e. The van der Waals surface area contributed by atoms with Gasteiger partial charge in [-0.1, -0.05) is 36.4 Å². The number of nitrogens with two attached hydrogens (primary N) is 1. The van der Waals surface area contributed by atoms with Crippen LogP contribution in [0.1, 0.15) is 13.8 Å². The molecule has 19 heavy (non-hydrogen) atoms. The summed E-state index contributed by atoms with van der Waals surface area (Å²) in [4.78, 5) is 9.44. The molecule has 2 heteroatoms. The summed E-state index contributed by atoms with van der Waals surface area (Å²) >= 11 is 0. The molecule has 3 aromatic carbocycles. The predicted molar refractivity (Wildman–Crippen MR) is 82.2 cm³/mol. The summed E-state index contributed by atoms with van der Waals surface area (Å²) in [5.74, 6) is 0.167. The lowest BCUT2D eigenvalue weighted by Crippen LogP contribution is -1.86. The van der Waals surface area contributed by atoms with E-state index in [0.717, 1.165) is 11.1 Å². The topological polar surface area (TPSA) is 43.1 Å². The van der Waals surface area contributed by atoms with Crippen molar-refractivity contribution in [3.05, 3.63) is 54.6 Å². The Morgan fingerprint density at radius 3 is 2.00 bits per heavy atom. The number of ketones is 1. The average molecular weight is 251 g/mol. The highest BCUT2D eigenvalue weighted by atomic mass is 16.1. The minimum atomic E-state index is 0.167. The molecule has 2 N–H and O–H groups in total. The maximum atomic E-state index is 9.44. The largest absolute Gasteiger partial charge is 0.398 e. The van der Waals surface area contributed by atoms with Gasteiger partial charge in [-0.15, -0.1) is 0 Å². The molecule has 0 heterocycles. The summed E-state index contributed by atoms with van der Waals surface area (Å²) in [6, 6.07) is 18.7. The second-order valence-corrected chi connectivity index (χ2v) is 4.68. The number of benzene rings is 3. The number of nitrogen functional groups attached to an aromatic ring is 1. The highest BCUT2D eigenvalue weighted by Gasteiger charge is 1.99. The molecular formula is C17H17NO. The van der Waals surface area contributed by atoms with Crippen LogP contribution in [0.25, 0.3) is 21.5 Å². The van der Waals surface area contributed by atoms with Gasteiger partial charge in [-0.3, -0.25) is 0 Å². The molecule has 0 aromatic heterocycles. The number of rotatable bonds is 0. The first-order valence-electron chi connectivity index (χ1n) is 6.22. The highest BCUT2D eigenvalue weighted by molar-refractivity contribution is 6.03. The number of anilines is 1. The molecule has 0 spiro atoms. The smallest absolute Gasteiger partial charge is 0.126 e. The van der Waals surface area contributed by atoms with Gasteiger partial charge in [-0.2, -0.15) is 0 Å². The van der Waals surface area contributed by atoms with E-state index in [0.29, 0.717) is 0 Å². The number of carbonyl (C=O) groups is 1. The Kier molecular flexibility index (Phi) is 3.81. The van der Waals surface area contributed by atoms with Gasteiger partial charge in [-0.05, 0) is 48.2 Å². The van der Waals surface area contributed by atoms with Crippen molar-refractivity contribution >= 4 is 33.0 Å². The van der Waals surface area contributed by atoms with Gasteiger partial charge >= 0.3 is 0 Å². The first-order valence-corrected chi connectivity index (χ1v) is 6.22. The molecule has 0 aliphatic rings. The van der Waals surface area contributed by atoms with E-state index in [1.807, 2.05) is 18.2 Å². The van der Waals surface area contributed by atoms with E-state index in [1.54, 1.807) is 0 Å². The average Bonchev–Trinajstić information content (AvgIpc) is 2.37. The Labute approximate surface area is 112 Å². The lowest BCUT2D eigenvalue weighted by molar-refractivity contribution is -0.114. The van der Waals surface area contributed by atoms with Crippen LogP contribution in [0.5, 0.6) is 0 Å². The van der Waals surface area contributed by atoms with E-state index >= 15 is 0 Å². The number of Topliss-reactive ketones (excluding diaryl/α,β-unsaturated/α-hetero) is 1. The first-order chi connectivity index (χ1) is 9.08. The molecule has 0 fully saturated rings. The zero-order valence-electron chi connectivity index (χ0n) is 11.2. The van der Waals surface area contributed by atoms with Gasteiger partial charge in [0.15, 0.2) is 0 Å². The van der Waals surface area contributed by atoms with E-state index in [9.17, 15) is 4.79 Å². The van der Waals surface area contributed by atoms with Crippen molar-refractivity contribution in [2.75, 3.05) is 5.73 Å². The Balaban J connectivity index is 0.000000297. The van der Waals surface area contributed by atoms with Crippen molar-refractivity contribution in [3.63, 3.8) is 0 Å². The third-order valence-corrected chi connectivity index (χ3v) is 2.78. The van der Waals surface area contributed by atoms with E-state index in [4.69, 9.17) is 5.73 Å². The summed E-state index contributed by atoms with van der Waals surface area (Å²) in [6.45, 7) is 3.06. The van der Waals surface area contributed by atoms with Crippen LogP contribution in [0.4, 0.5) is 5.69 Å². The SMILES string of the molecule is CC(C)=O.Nc1cccc2cc3ccccc3cc12. The number of fused-ring (bicyclic) bond motifs is 2. The van der Waals surface area contributed by atoms with Crippen molar-refractivity contribution in [2.45, 2.75) is 13.8 Å². The quantitative estimate of drug-likeness (QED) is 0.481. The van der Waals surface area contributed by atoms with E-state index < -0.39 is 0 Å². The summed E-state index contributed by atoms with van der Waals surface area (Å²) in [5, 5.41) is 4.84. The van der Waals surface area contributed by atoms with Gasteiger partial charge in [0.25, 0.3) is 0 Å². The van der Waals surface area contributed by atoms with Crippen molar-refractivity contribution in [1.29, 1.82) is 0 Å². The molecule has 0 bridgehead atoms. The van der Waals surface area contributed by atoms with Crippen LogP contribution in [0.3, 0.4) is 0 Å². The lowest BCUT2D eigenvalue weighted by atomic mass is 10.0. The van der Waals surface area contributed by atoms with Crippen LogP contribution in [-0.2, 0) is 4.79 Å². The van der Waals surface area contributed by atoms with Gasteiger partial charge in [0, 0.05) is 11.1 Å².